The van der Waals surface area contributed by atoms with Crippen LogP contribution >= 0.6 is 0 Å². The lowest BCUT2D eigenvalue weighted by Gasteiger charge is -2.33. The van der Waals surface area contributed by atoms with Gasteiger partial charge < -0.3 is 24.4 Å². The molecular formula is C37H55N5O5Si. The molecule has 48 heavy (non-hydrogen) atoms. The number of nitrogens with zero attached hydrogens (tertiary/aromatic N) is 5. The Morgan fingerprint density at radius 1 is 1.12 bits per heavy atom. The summed E-state index contributed by atoms with van der Waals surface area (Å²) in [5, 5.41) is 17.7. The normalized spacial score (nSPS) is 25.1. The van der Waals surface area contributed by atoms with Gasteiger partial charge in [0.05, 0.1) is 17.5 Å². The third kappa shape index (κ3) is 7.54. The van der Waals surface area contributed by atoms with Gasteiger partial charge in [0.2, 0.25) is 5.91 Å². The summed E-state index contributed by atoms with van der Waals surface area (Å²) in [6.07, 6.45) is 13.2. The number of fused-ring (bicyclic) bond motifs is 2. The highest BCUT2D eigenvalue weighted by Gasteiger charge is 2.66. The molecule has 0 bridgehead atoms. The largest absolute Gasteiger partial charge is 0.432 e. The van der Waals surface area contributed by atoms with Gasteiger partial charge in [-0.1, -0.05) is 48.3 Å². The summed E-state index contributed by atoms with van der Waals surface area (Å²) in [6.45, 7) is 13.8. The van der Waals surface area contributed by atoms with Crippen LogP contribution in [0.5, 0.6) is 0 Å². The molecule has 1 aromatic carbocycles. The van der Waals surface area contributed by atoms with Crippen molar-refractivity contribution in [1.82, 2.24) is 15.0 Å². The monoisotopic (exact) mass is 677 g/mol. The maximum Gasteiger partial charge on any atom is 0.264 e. The topological polar surface area (TPSA) is 121 Å². The van der Waals surface area contributed by atoms with Gasteiger partial charge in [0.25, 0.3) is 5.91 Å². The molecule has 2 aromatic rings. The summed E-state index contributed by atoms with van der Waals surface area (Å²) < 4.78 is 8.82. The van der Waals surface area contributed by atoms with Crippen molar-refractivity contribution in [1.29, 1.82) is 0 Å². The Kier molecular flexibility index (Phi) is 11.4. The quantitative estimate of drug-likeness (QED) is 0.208. The molecule has 1 spiro atoms. The number of aliphatic hydroxyl groups excluding tert-OH is 1. The fraction of sp³-hybridized carbons (Fsp3) is 0.622. The number of carbonyl (C=O) groups is 2. The second-order valence-corrected chi connectivity index (χ2v) is 18.8. The van der Waals surface area contributed by atoms with Crippen LogP contribution in [-0.2, 0) is 32.9 Å². The number of anilines is 2. The molecule has 0 saturated carbocycles. The Labute approximate surface area is 287 Å². The SMILES string of the molecule is CC(C)=CCC/C(C)=C/CN1C(=O)[C@]2(O[C@H](CCn3cc(CCO)nn3)[C@@H]([Si](C)(C)O)[C@@H]2C)c2cc(N3CCCCCCC3=O)ccc21. The number of hydrogen-bond donors (Lipinski definition) is 2. The Bertz CT molecular complexity index is 1530. The predicted molar refractivity (Wildman–Crippen MR) is 191 cm³/mol. The number of rotatable bonds is 12. The van der Waals surface area contributed by atoms with Gasteiger partial charge in [-0.2, -0.15) is 0 Å². The summed E-state index contributed by atoms with van der Waals surface area (Å²) in [5.74, 6) is -0.286. The van der Waals surface area contributed by atoms with Crippen molar-refractivity contribution in [3.05, 3.63) is 59.0 Å². The fourth-order valence-electron chi connectivity index (χ4n) is 7.99. The van der Waals surface area contributed by atoms with Crippen LogP contribution in [0, 0.1) is 5.92 Å². The van der Waals surface area contributed by atoms with Crippen LogP contribution in [0.2, 0.25) is 18.6 Å². The molecule has 262 valence electrons. The summed E-state index contributed by atoms with van der Waals surface area (Å²) >= 11 is 0. The first-order chi connectivity index (χ1) is 22.9. The van der Waals surface area contributed by atoms with Gasteiger partial charge in [-0.15, -0.1) is 5.10 Å². The molecule has 4 atom stereocenters. The third-order valence-corrected chi connectivity index (χ3v) is 12.9. The summed E-state index contributed by atoms with van der Waals surface area (Å²) in [4.78, 5) is 43.7. The zero-order valence-corrected chi connectivity index (χ0v) is 30.7. The van der Waals surface area contributed by atoms with Gasteiger partial charge in [0, 0.05) is 68.0 Å². The maximum absolute atomic E-state index is 14.9. The van der Waals surface area contributed by atoms with Crippen molar-refractivity contribution in [2.45, 2.75) is 122 Å². The Morgan fingerprint density at radius 3 is 2.62 bits per heavy atom. The van der Waals surface area contributed by atoms with Gasteiger partial charge >= 0.3 is 0 Å². The highest BCUT2D eigenvalue weighted by atomic mass is 28.4. The van der Waals surface area contributed by atoms with E-state index in [4.69, 9.17) is 4.74 Å². The second-order valence-electron chi connectivity index (χ2n) is 14.8. The number of hydrogen-bond acceptors (Lipinski definition) is 7. The van der Waals surface area contributed by atoms with Crippen LogP contribution in [0.4, 0.5) is 11.4 Å². The minimum absolute atomic E-state index is 0.00401. The predicted octanol–water partition coefficient (Wildman–Crippen LogP) is 6.04. The minimum atomic E-state index is -2.85. The molecule has 11 heteroatoms. The Hall–Kier alpha value is -3.12. The highest BCUT2D eigenvalue weighted by molar-refractivity contribution is 6.71. The van der Waals surface area contributed by atoms with Crippen LogP contribution in [0.15, 0.2) is 47.7 Å². The molecule has 2 fully saturated rings. The van der Waals surface area contributed by atoms with Gasteiger partial charge in [-0.3, -0.25) is 14.3 Å². The summed E-state index contributed by atoms with van der Waals surface area (Å²) in [6, 6.07) is 6.00. The maximum atomic E-state index is 14.9. The van der Waals surface area contributed by atoms with E-state index in [2.05, 4.69) is 50.2 Å². The second kappa shape index (κ2) is 15.2. The lowest BCUT2D eigenvalue weighted by Crippen LogP contribution is -2.46. The molecule has 4 heterocycles. The van der Waals surface area contributed by atoms with Crippen molar-refractivity contribution in [3.8, 4) is 0 Å². The lowest BCUT2D eigenvalue weighted by molar-refractivity contribution is -0.145. The molecule has 2 saturated heterocycles. The minimum Gasteiger partial charge on any atom is -0.432 e. The highest BCUT2D eigenvalue weighted by Crippen LogP contribution is 2.60. The van der Waals surface area contributed by atoms with Gasteiger partial charge in [0.15, 0.2) is 13.9 Å². The average Bonchev–Trinajstić information content (AvgIpc) is 3.66. The zero-order valence-electron chi connectivity index (χ0n) is 29.7. The smallest absolute Gasteiger partial charge is 0.264 e. The first kappa shape index (κ1) is 36.2. The number of amides is 2. The number of aromatic nitrogens is 3. The van der Waals surface area contributed by atoms with Crippen LogP contribution in [0.3, 0.4) is 0 Å². The molecule has 3 aliphatic heterocycles. The first-order valence-electron chi connectivity index (χ1n) is 17.8. The van der Waals surface area contributed by atoms with Gasteiger partial charge in [-0.05, 0) is 84.2 Å². The Balaban J connectivity index is 1.53. The molecular weight excluding hydrogens is 623 g/mol. The van der Waals surface area contributed by atoms with E-state index < -0.39 is 13.9 Å². The third-order valence-electron chi connectivity index (χ3n) is 10.4. The molecule has 0 radical (unpaired) electrons. The molecule has 10 nitrogen and oxygen atoms in total. The molecule has 2 N–H and O–H groups in total. The number of benzene rings is 1. The number of carbonyl (C=O) groups excluding carboxylic acids is 2. The van der Waals surface area contributed by atoms with Crippen molar-refractivity contribution in [2.75, 3.05) is 29.5 Å². The summed E-state index contributed by atoms with van der Waals surface area (Å²) in [5.41, 5.74) is 4.14. The Morgan fingerprint density at radius 2 is 1.90 bits per heavy atom. The lowest BCUT2D eigenvalue weighted by atomic mass is 9.82. The van der Waals surface area contributed by atoms with E-state index in [1.165, 1.54) is 11.1 Å². The van der Waals surface area contributed by atoms with E-state index in [1.54, 1.807) is 4.68 Å². The number of aryl methyl sites for hydroxylation is 1. The van der Waals surface area contributed by atoms with Crippen LogP contribution in [0.25, 0.3) is 0 Å². The van der Waals surface area contributed by atoms with E-state index in [-0.39, 0.29) is 36.0 Å². The van der Waals surface area contributed by atoms with Crippen LogP contribution in [0.1, 0.15) is 90.3 Å². The van der Waals surface area contributed by atoms with Crippen molar-refractivity contribution >= 4 is 31.5 Å². The number of ether oxygens (including phenoxy) is 1. The number of aliphatic hydroxyl groups is 1. The molecule has 1 aromatic heterocycles. The van der Waals surface area contributed by atoms with E-state index in [0.29, 0.717) is 44.6 Å². The van der Waals surface area contributed by atoms with Gasteiger partial charge in [0.1, 0.15) is 0 Å². The average molecular weight is 678 g/mol. The van der Waals surface area contributed by atoms with Crippen LogP contribution in [-0.4, -0.2) is 70.8 Å². The molecule has 2 amide bonds. The summed E-state index contributed by atoms with van der Waals surface area (Å²) in [7, 11) is -2.85. The van der Waals surface area contributed by atoms with Crippen molar-refractivity contribution in [3.63, 3.8) is 0 Å². The number of allylic oxidation sites excluding steroid dienone is 3. The van der Waals surface area contributed by atoms with E-state index >= 15 is 0 Å². The van der Waals surface area contributed by atoms with Crippen molar-refractivity contribution < 1.29 is 24.2 Å². The molecule has 5 rings (SSSR count). The van der Waals surface area contributed by atoms with E-state index in [9.17, 15) is 19.5 Å². The zero-order chi connectivity index (χ0) is 34.6. The van der Waals surface area contributed by atoms with E-state index in [1.807, 2.05) is 47.3 Å². The molecule has 0 unspecified atom stereocenters. The molecule has 3 aliphatic rings. The van der Waals surface area contributed by atoms with Crippen LogP contribution < -0.4 is 9.80 Å². The van der Waals surface area contributed by atoms with Crippen molar-refractivity contribution in [2.24, 2.45) is 5.92 Å². The molecule has 0 aliphatic carbocycles. The fourth-order valence-corrected chi connectivity index (χ4v) is 10.6. The standard InChI is InChI=1S/C37H55N5O5Si/c1-26(2)12-11-13-27(3)17-22-42-32-16-15-30(41-20-10-8-7-9-14-34(41)44)24-31(32)37(36(42)45)28(4)35(48(5,6)46)33(47-37)18-21-40-25-29(19-23-43)38-39-40/h12,15-17,24-25,28,33,35,43,46H,7-11,13-14,18-23H2,1-6H3/b27-17+/t28-,33+,35-,37+/m0/s1. The first-order valence-corrected chi connectivity index (χ1v) is 20.8. The van der Waals surface area contributed by atoms with Gasteiger partial charge in [-0.25, -0.2) is 0 Å². The van der Waals surface area contributed by atoms with E-state index in [0.717, 1.165) is 55.5 Å².